The maximum absolute atomic E-state index is 12.8. The Labute approximate surface area is 164 Å². The molecule has 1 aromatic heterocycles. The van der Waals surface area contributed by atoms with Crippen LogP contribution in [0.5, 0.6) is 11.5 Å². The van der Waals surface area contributed by atoms with Crippen LogP contribution in [-0.2, 0) is 6.42 Å². The number of hydrogen-bond donors (Lipinski definition) is 0. The molecule has 4 rings (SSSR count). The number of nitrogens with zero attached hydrogens (tertiary/aromatic N) is 2. The number of ether oxygens (including phenoxy) is 2. The third kappa shape index (κ3) is 3.54. The summed E-state index contributed by atoms with van der Waals surface area (Å²) in [5.41, 5.74) is 3.04. The largest absolute Gasteiger partial charge is 0.493 e. The number of rotatable bonds is 7. The van der Waals surface area contributed by atoms with Crippen molar-refractivity contribution in [1.29, 1.82) is 0 Å². The molecule has 1 aliphatic carbocycles. The second kappa shape index (κ2) is 7.54. The number of methoxy groups -OCH3 is 2. The van der Waals surface area contributed by atoms with Crippen LogP contribution in [0, 0.1) is 0 Å². The van der Waals surface area contributed by atoms with Crippen molar-refractivity contribution in [2.45, 2.75) is 32.2 Å². The van der Waals surface area contributed by atoms with Crippen LogP contribution < -0.4 is 9.47 Å². The number of amides is 1. The number of carbonyl (C=O) groups excluding carboxylic acids is 1. The van der Waals surface area contributed by atoms with Crippen LogP contribution >= 0.6 is 0 Å². The minimum Gasteiger partial charge on any atom is -0.493 e. The molecule has 0 atom stereocenters. The summed E-state index contributed by atoms with van der Waals surface area (Å²) in [6, 6.07) is 11.6. The minimum atomic E-state index is 0.0599. The van der Waals surface area contributed by atoms with Crippen molar-refractivity contribution in [2.75, 3.05) is 20.8 Å². The molecular formula is C22H24N2O4. The molecule has 2 aromatic carbocycles. The van der Waals surface area contributed by atoms with E-state index in [4.69, 9.17) is 13.9 Å². The summed E-state index contributed by atoms with van der Waals surface area (Å²) >= 11 is 0. The van der Waals surface area contributed by atoms with Gasteiger partial charge in [-0.05, 0) is 55.7 Å². The SMILES string of the molecule is CCN(C(=O)c1ccc2nc(Cc3ccc(OC)c(OC)c3)oc2c1)C1CC1. The van der Waals surface area contributed by atoms with Crippen molar-refractivity contribution in [3.05, 3.63) is 53.4 Å². The van der Waals surface area contributed by atoms with Gasteiger partial charge in [-0.2, -0.15) is 0 Å². The Balaban J connectivity index is 1.57. The highest BCUT2D eigenvalue weighted by molar-refractivity contribution is 5.97. The van der Waals surface area contributed by atoms with Crippen molar-refractivity contribution in [2.24, 2.45) is 0 Å². The van der Waals surface area contributed by atoms with Gasteiger partial charge in [0.25, 0.3) is 5.91 Å². The van der Waals surface area contributed by atoms with Crippen LogP contribution in [0.15, 0.2) is 40.8 Å². The Bertz CT molecular complexity index is 1010. The van der Waals surface area contributed by atoms with E-state index in [0.717, 1.165) is 30.5 Å². The van der Waals surface area contributed by atoms with Gasteiger partial charge in [0, 0.05) is 24.6 Å². The van der Waals surface area contributed by atoms with Gasteiger partial charge in [0.15, 0.2) is 23.0 Å². The summed E-state index contributed by atoms with van der Waals surface area (Å²) in [6.07, 6.45) is 2.72. The van der Waals surface area contributed by atoms with Crippen LogP contribution in [0.2, 0.25) is 0 Å². The summed E-state index contributed by atoms with van der Waals surface area (Å²) in [5, 5.41) is 0. The molecule has 6 heteroatoms. The second-order valence-corrected chi connectivity index (χ2v) is 6.98. The first-order valence-electron chi connectivity index (χ1n) is 9.54. The molecule has 1 saturated carbocycles. The average Bonchev–Trinajstić information content (AvgIpc) is 3.46. The number of benzene rings is 2. The molecule has 0 spiro atoms. The Kier molecular flexibility index (Phi) is 4.94. The predicted molar refractivity (Wildman–Crippen MR) is 106 cm³/mol. The third-order valence-corrected chi connectivity index (χ3v) is 5.07. The fraction of sp³-hybridized carbons (Fsp3) is 0.364. The number of fused-ring (bicyclic) bond motifs is 1. The first kappa shape index (κ1) is 18.3. The quantitative estimate of drug-likeness (QED) is 0.618. The Morgan fingerprint density at radius 1 is 1.14 bits per heavy atom. The summed E-state index contributed by atoms with van der Waals surface area (Å²) < 4.78 is 16.6. The van der Waals surface area contributed by atoms with Crippen LogP contribution in [0.25, 0.3) is 11.1 Å². The topological polar surface area (TPSA) is 64.8 Å². The molecule has 0 bridgehead atoms. The average molecular weight is 380 g/mol. The monoisotopic (exact) mass is 380 g/mol. The fourth-order valence-corrected chi connectivity index (χ4v) is 3.47. The van der Waals surface area contributed by atoms with E-state index in [-0.39, 0.29) is 5.91 Å². The number of aromatic nitrogens is 1. The van der Waals surface area contributed by atoms with Crippen molar-refractivity contribution in [3.63, 3.8) is 0 Å². The molecule has 0 N–H and O–H groups in total. The first-order valence-corrected chi connectivity index (χ1v) is 9.54. The maximum atomic E-state index is 12.8. The highest BCUT2D eigenvalue weighted by Crippen LogP contribution is 2.30. The Hall–Kier alpha value is -3.02. The molecular weight excluding hydrogens is 356 g/mol. The van der Waals surface area contributed by atoms with E-state index in [1.54, 1.807) is 20.3 Å². The van der Waals surface area contributed by atoms with E-state index >= 15 is 0 Å². The summed E-state index contributed by atoms with van der Waals surface area (Å²) in [5.74, 6) is 2.01. The molecule has 6 nitrogen and oxygen atoms in total. The van der Waals surface area contributed by atoms with Gasteiger partial charge in [-0.3, -0.25) is 4.79 Å². The standard InChI is InChI=1S/C22H24N2O4/c1-4-24(16-7-8-16)22(25)15-6-9-17-19(13-15)28-21(23-17)12-14-5-10-18(26-2)20(11-14)27-3/h5-6,9-11,13,16H,4,7-8,12H2,1-3H3. The van der Waals surface area contributed by atoms with E-state index in [9.17, 15) is 4.79 Å². The van der Waals surface area contributed by atoms with Gasteiger partial charge in [0.05, 0.1) is 14.2 Å². The molecule has 1 aliphatic rings. The van der Waals surface area contributed by atoms with Crippen LogP contribution in [-0.4, -0.2) is 42.6 Å². The lowest BCUT2D eigenvalue weighted by atomic mass is 10.1. The lowest BCUT2D eigenvalue weighted by Crippen LogP contribution is -2.32. The molecule has 3 aromatic rings. The van der Waals surface area contributed by atoms with E-state index in [0.29, 0.717) is 41.0 Å². The zero-order chi connectivity index (χ0) is 19.7. The van der Waals surface area contributed by atoms with E-state index in [1.165, 1.54) is 0 Å². The van der Waals surface area contributed by atoms with Gasteiger partial charge in [-0.1, -0.05) is 6.07 Å². The highest BCUT2D eigenvalue weighted by Gasteiger charge is 2.32. The van der Waals surface area contributed by atoms with Crippen LogP contribution in [0.4, 0.5) is 0 Å². The summed E-state index contributed by atoms with van der Waals surface area (Å²) in [4.78, 5) is 19.3. The van der Waals surface area contributed by atoms with Crippen LogP contribution in [0.3, 0.4) is 0 Å². The molecule has 1 fully saturated rings. The smallest absolute Gasteiger partial charge is 0.254 e. The fourth-order valence-electron chi connectivity index (χ4n) is 3.47. The molecule has 28 heavy (non-hydrogen) atoms. The van der Waals surface area contributed by atoms with Gasteiger partial charge >= 0.3 is 0 Å². The van der Waals surface area contributed by atoms with Crippen LogP contribution in [0.1, 0.15) is 41.6 Å². The second-order valence-electron chi connectivity index (χ2n) is 6.98. The van der Waals surface area contributed by atoms with E-state index in [2.05, 4.69) is 4.98 Å². The lowest BCUT2D eigenvalue weighted by molar-refractivity contribution is 0.0752. The van der Waals surface area contributed by atoms with E-state index < -0.39 is 0 Å². The van der Waals surface area contributed by atoms with Crippen molar-refractivity contribution >= 4 is 17.0 Å². The Morgan fingerprint density at radius 2 is 1.93 bits per heavy atom. The normalized spacial score (nSPS) is 13.5. The number of oxazole rings is 1. The molecule has 1 amide bonds. The molecule has 1 heterocycles. The van der Waals surface area contributed by atoms with Gasteiger partial charge in [-0.25, -0.2) is 4.98 Å². The summed E-state index contributed by atoms with van der Waals surface area (Å²) in [7, 11) is 3.22. The molecule has 146 valence electrons. The first-order chi connectivity index (χ1) is 13.6. The number of hydrogen-bond acceptors (Lipinski definition) is 5. The predicted octanol–water partition coefficient (Wildman–Crippen LogP) is 4.06. The molecule has 0 aliphatic heterocycles. The highest BCUT2D eigenvalue weighted by atomic mass is 16.5. The summed E-state index contributed by atoms with van der Waals surface area (Å²) in [6.45, 7) is 2.74. The molecule has 0 unspecified atom stereocenters. The van der Waals surface area contributed by atoms with Gasteiger partial charge in [0.2, 0.25) is 0 Å². The van der Waals surface area contributed by atoms with Crippen molar-refractivity contribution in [1.82, 2.24) is 9.88 Å². The van der Waals surface area contributed by atoms with E-state index in [1.807, 2.05) is 42.2 Å². The van der Waals surface area contributed by atoms with Crippen molar-refractivity contribution in [3.8, 4) is 11.5 Å². The molecule has 0 radical (unpaired) electrons. The van der Waals surface area contributed by atoms with Crippen molar-refractivity contribution < 1.29 is 18.7 Å². The van der Waals surface area contributed by atoms with Gasteiger partial charge in [-0.15, -0.1) is 0 Å². The zero-order valence-electron chi connectivity index (χ0n) is 16.4. The van der Waals surface area contributed by atoms with Gasteiger partial charge in [0.1, 0.15) is 5.52 Å². The number of carbonyl (C=O) groups is 1. The Morgan fingerprint density at radius 3 is 2.61 bits per heavy atom. The van der Waals surface area contributed by atoms with Gasteiger partial charge < -0.3 is 18.8 Å². The zero-order valence-corrected chi connectivity index (χ0v) is 16.4. The maximum Gasteiger partial charge on any atom is 0.254 e. The third-order valence-electron chi connectivity index (χ3n) is 5.07. The lowest BCUT2D eigenvalue weighted by Gasteiger charge is -2.20. The minimum absolute atomic E-state index is 0.0599. The molecule has 0 saturated heterocycles.